The number of esters is 1. The Kier molecular flexibility index (Phi) is 7.41. The van der Waals surface area contributed by atoms with Gasteiger partial charge >= 0.3 is 12.1 Å². The Labute approximate surface area is 123 Å². The maximum absolute atomic E-state index is 11.9. The lowest BCUT2D eigenvalue weighted by atomic mass is 10.1. The molecule has 0 radical (unpaired) electrons. The Morgan fingerprint density at radius 1 is 1.21 bits per heavy atom. The number of ether oxygens (including phenoxy) is 2. The van der Waals surface area contributed by atoms with E-state index in [4.69, 9.17) is 9.47 Å². The van der Waals surface area contributed by atoms with Crippen molar-refractivity contribution in [1.29, 1.82) is 0 Å². The number of hydrogen-bond donors (Lipinski definition) is 1. The third kappa shape index (κ3) is 8.08. The van der Waals surface area contributed by atoms with Crippen molar-refractivity contribution in [1.82, 2.24) is 5.32 Å². The third-order valence-electron chi connectivity index (χ3n) is 2.13. The number of amides is 1. The molecule has 0 aliphatic heterocycles. The van der Waals surface area contributed by atoms with E-state index in [1.807, 2.05) is 13.8 Å². The van der Waals surface area contributed by atoms with Crippen LogP contribution in [0, 0.1) is 5.92 Å². The standard InChI is InChI=1S/C13H24BrNO4/c1-8(2)10(11(16)18-9(3)7-14)15-12(17)19-13(4,5)6/h8-10H,7H2,1-6H3,(H,15,17)/t9?,10-/m0/s1. The van der Waals surface area contributed by atoms with Crippen LogP contribution in [0.3, 0.4) is 0 Å². The summed E-state index contributed by atoms with van der Waals surface area (Å²) in [4.78, 5) is 23.6. The Morgan fingerprint density at radius 3 is 2.11 bits per heavy atom. The fourth-order valence-electron chi connectivity index (χ4n) is 1.24. The minimum atomic E-state index is -0.712. The smallest absolute Gasteiger partial charge is 0.408 e. The van der Waals surface area contributed by atoms with Gasteiger partial charge in [-0.1, -0.05) is 29.8 Å². The van der Waals surface area contributed by atoms with Crippen LogP contribution in [-0.2, 0) is 14.3 Å². The zero-order chi connectivity index (χ0) is 15.2. The third-order valence-corrected chi connectivity index (χ3v) is 3.04. The summed E-state index contributed by atoms with van der Waals surface area (Å²) in [7, 11) is 0. The van der Waals surface area contributed by atoms with Crippen LogP contribution in [0.15, 0.2) is 0 Å². The summed E-state index contributed by atoms with van der Waals surface area (Å²) >= 11 is 3.23. The highest BCUT2D eigenvalue weighted by atomic mass is 79.9. The molecule has 1 N–H and O–H groups in total. The van der Waals surface area contributed by atoms with Crippen molar-refractivity contribution in [2.75, 3.05) is 5.33 Å². The molecular weight excluding hydrogens is 314 g/mol. The van der Waals surface area contributed by atoms with E-state index in [2.05, 4.69) is 21.2 Å². The molecule has 0 saturated heterocycles. The van der Waals surface area contributed by atoms with Crippen molar-refractivity contribution in [3.63, 3.8) is 0 Å². The first kappa shape index (κ1) is 18.2. The van der Waals surface area contributed by atoms with Crippen molar-refractivity contribution < 1.29 is 19.1 Å². The molecule has 1 amide bonds. The van der Waals surface area contributed by atoms with E-state index in [1.165, 1.54) is 0 Å². The number of rotatable bonds is 5. The van der Waals surface area contributed by atoms with Gasteiger partial charge in [-0.15, -0.1) is 0 Å². The van der Waals surface area contributed by atoms with Gasteiger partial charge in [0.25, 0.3) is 0 Å². The lowest BCUT2D eigenvalue weighted by molar-refractivity contribution is -0.150. The van der Waals surface area contributed by atoms with Crippen LogP contribution in [0.2, 0.25) is 0 Å². The second kappa shape index (κ2) is 7.72. The summed E-state index contributed by atoms with van der Waals surface area (Å²) in [5.41, 5.74) is -0.599. The summed E-state index contributed by atoms with van der Waals surface area (Å²) in [6.45, 7) is 10.7. The highest BCUT2D eigenvalue weighted by Crippen LogP contribution is 2.10. The highest BCUT2D eigenvalue weighted by Gasteiger charge is 2.28. The summed E-state index contributed by atoms with van der Waals surface area (Å²) in [5.74, 6) is -0.532. The van der Waals surface area contributed by atoms with Gasteiger partial charge in [0.2, 0.25) is 0 Å². The molecule has 0 rings (SSSR count). The Bertz CT molecular complexity index is 312. The fraction of sp³-hybridized carbons (Fsp3) is 0.846. The van der Waals surface area contributed by atoms with Crippen LogP contribution in [0.1, 0.15) is 41.5 Å². The second-order valence-electron chi connectivity index (χ2n) is 5.77. The highest BCUT2D eigenvalue weighted by molar-refractivity contribution is 9.09. The minimum Gasteiger partial charge on any atom is -0.460 e. The molecule has 0 bridgehead atoms. The number of nitrogens with one attached hydrogen (secondary N) is 1. The molecule has 0 saturated carbocycles. The molecule has 0 aromatic rings. The predicted molar refractivity (Wildman–Crippen MR) is 77.3 cm³/mol. The van der Waals surface area contributed by atoms with Crippen molar-refractivity contribution >= 4 is 28.0 Å². The summed E-state index contributed by atoms with van der Waals surface area (Å²) in [6.07, 6.45) is -0.858. The van der Waals surface area contributed by atoms with E-state index >= 15 is 0 Å². The topological polar surface area (TPSA) is 64.6 Å². The van der Waals surface area contributed by atoms with Crippen LogP contribution in [-0.4, -0.2) is 35.1 Å². The fourth-order valence-corrected chi connectivity index (χ4v) is 1.37. The van der Waals surface area contributed by atoms with E-state index < -0.39 is 23.7 Å². The van der Waals surface area contributed by atoms with Gasteiger partial charge in [-0.25, -0.2) is 9.59 Å². The van der Waals surface area contributed by atoms with Crippen LogP contribution in [0.5, 0.6) is 0 Å². The summed E-state index contributed by atoms with van der Waals surface area (Å²) in [6, 6.07) is -0.712. The van der Waals surface area contributed by atoms with Crippen molar-refractivity contribution in [2.24, 2.45) is 5.92 Å². The molecular formula is C13H24BrNO4. The van der Waals surface area contributed by atoms with Gasteiger partial charge < -0.3 is 14.8 Å². The lowest BCUT2D eigenvalue weighted by Crippen LogP contribution is -2.47. The van der Waals surface area contributed by atoms with Crippen molar-refractivity contribution in [3.8, 4) is 0 Å². The predicted octanol–water partition coefficient (Wildman–Crippen LogP) is 2.86. The van der Waals surface area contributed by atoms with Crippen LogP contribution < -0.4 is 5.32 Å². The van der Waals surface area contributed by atoms with Gasteiger partial charge in [-0.05, 0) is 33.6 Å². The average Bonchev–Trinajstić information content (AvgIpc) is 2.22. The Balaban J connectivity index is 4.58. The first-order valence-corrected chi connectivity index (χ1v) is 7.45. The normalized spacial score (nSPS) is 14.7. The molecule has 6 heteroatoms. The molecule has 0 fully saturated rings. The Hall–Kier alpha value is -0.780. The Morgan fingerprint density at radius 2 is 1.74 bits per heavy atom. The van der Waals surface area contributed by atoms with Gasteiger partial charge in [-0.2, -0.15) is 0 Å². The average molecular weight is 338 g/mol. The van der Waals surface area contributed by atoms with Crippen LogP contribution >= 0.6 is 15.9 Å². The van der Waals surface area contributed by atoms with Gasteiger partial charge in [-0.3, -0.25) is 0 Å². The molecule has 5 nitrogen and oxygen atoms in total. The first-order chi connectivity index (χ1) is 8.56. The number of carbonyl (C=O) groups is 2. The maximum atomic E-state index is 11.9. The van der Waals surface area contributed by atoms with E-state index in [1.54, 1.807) is 27.7 Å². The first-order valence-electron chi connectivity index (χ1n) is 6.32. The van der Waals surface area contributed by atoms with E-state index in [9.17, 15) is 9.59 Å². The maximum Gasteiger partial charge on any atom is 0.408 e. The van der Waals surface area contributed by atoms with Gasteiger partial charge in [0.05, 0.1) is 0 Å². The van der Waals surface area contributed by atoms with E-state index in [0.29, 0.717) is 5.33 Å². The van der Waals surface area contributed by atoms with E-state index in [-0.39, 0.29) is 12.0 Å². The zero-order valence-corrected chi connectivity index (χ0v) is 14.0. The SMILES string of the molecule is CC(CBr)OC(=O)[C@@H](NC(=O)OC(C)(C)C)C(C)C. The molecule has 2 atom stereocenters. The lowest BCUT2D eigenvalue weighted by Gasteiger charge is -2.25. The molecule has 1 unspecified atom stereocenters. The summed E-state index contributed by atoms with van der Waals surface area (Å²) < 4.78 is 10.3. The van der Waals surface area contributed by atoms with Crippen LogP contribution in [0.25, 0.3) is 0 Å². The summed E-state index contributed by atoms with van der Waals surface area (Å²) in [5, 5.41) is 3.10. The molecule has 0 aromatic carbocycles. The van der Waals surface area contributed by atoms with Crippen molar-refractivity contribution in [3.05, 3.63) is 0 Å². The number of alkyl carbamates (subject to hydrolysis) is 1. The number of carbonyl (C=O) groups excluding carboxylic acids is 2. The zero-order valence-electron chi connectivity index (χ0n) is 12.5. The molecule has 19 heavy (non-hydrogen) atoms. The molecule has 112 valence electrons. The number of alkyl halides is 1. The molecule has 0 aromatic heterocycles. The largest absolute Gasteiger partial charge is 0.460 e. The van der Waals surface area contributed by atoms with Gasteiger partial charge in [0.15, 0.2) is 0 Å². The quantitative estimate of drug-likeness (QED) is 0.618. The minimum absolute atomic E-state index is 0.0810. The van der Waals surface area contributed by atoms with Crippen molar-refractivity contribution in [2.45, 2.75) is 59.3 Å². The number of hydrogen-bond acceptors (Lipinski definition) is 4. The molecule has 0 spiro atoms. The van der Waals surface area contributed by atoms with Crippen LogP contribution in [0.4, 0.5) is 4.79 Å². The molecule has 0 heterocycles. The van der Waals surface area contributed by atoms with Gasteiger partial charge in [0, 0.05) is 5.33 Å². The molecule has 0 aliphatic carbocycles. The second-order valence-corrected chi connectivity index (χ2v) is 6.42. The number of halogens is 1. The van der Waals surface area contributed by atoms with Gasteiger partial charge in [0.1, 0.15) is 17.7 Å². The van der Waals surface area contributed by atoms with E-state index in [0.717, 1.165) is 0 Å². The molecule has 0 aliphatic rings. The monoisotopic (exact) mass is 337 g/mol.